The maximum Gasteiger partial charge on any atom is 0.329 e. The maximum absolute atomic E-state index is 12.2. The van der Waals surface area contributed by atoms with Gasteiger partial charge >= 0.3 is 5.69 Å². The van der Waals surface area contributed by atoms with Crippen LogP contribution in [0.5, 0.6) is 0 Å². The van der Waals surface area contributed by atoms with E-state index in [9.17, 15) is 18.4 Å². The third-order valence-corrected chi connectivity index (χ3v) is 1.86. The molecule has 1 aromatic heterocycles. The van der Waals surface area contributed by atoms with Crippen molar-refractivity contribution in [3.05, 3.63) is 32.6 Å². The molecule has 0 saturated heterocycles. The van der Waals surface area contributed by atoms with E-state index >= 15 is 0 Å². The molecule has 1 rings (SSSR count). The average molecular weight is 218 g/mol. The van der Waals surface area contributed by atoms with Crippen molar-refractivity contribution in [1.29, 1.82) is 0 Å². The lowest BCUT2D eigenvalue weighted by Crippen LogP contribution is -2.44. The van der Waals surface area contributed by atoms with Gasteiger partial charge in [-0.25, -0.2) is 13.6 Å². The number of hydrogen-bond acceptors (Lipinski definition) is 2. The Morgan fingerprint density at radius 1 is 1.33 bits per heavy atom. The first-order valence-electron chi connectivity index (χ1n) is 4.38. The zero-order valence-electron chi connectivity index (χ0n) is 8.67. The van der Waals surface area contributed by atoms with Crippen LogP contribution in [0.15, 0.2) is 15.7 Å². The van der Waals surface area contributed by atoms with Crippen LogP contribution < -0.4 is 11.2 Å². The molecule has 0 spiro atoms. The molecule has 1 heterocycles. The third kappa shape index (κ3) is 2.31. The number of aromatic amines is 1. The number of hydrogen-bond donors (Lipinski definition) is 1. The predicted octanol–water partition coefficient (Wildman–Crippen LogP) is 1.23. The molecule has 0 bridgehead atoms. The van der Waals surface area contributed by atoms with Gasteiger partial charge in [-0.1, -0.05) is 0 Å². The lowest BCUT2D eigenvalue weighted by molar-refractivity contribution is 0.144. The van der Waals surface area contributed by atoms with Crippen LogP contribution in [0.25, 0.3) is 0 Å². The van der Waals surface area contributed by atoms with Crippen molar-refractivity contribution < 1.29 is 8.78 Å². The minimum Gasteiger partial charge on any atom is -0.306 e. The van der Waals surface area contributed by atoms with E-state index < -0.39 is 28.9 Å². The zero-order chi connectivity index (χ0) is 11.8. The predicted molar refractivity (Wildman–Crippen MR) is 51.3 cm³/mol. The second-order valence-corrected chi connectivity index (χ2v) is 4.17. The molecule has 4 nitrogen and oxygen atoms in total. The SMILES string of the molecule is CC(C)(C)n1c(=O)cc(C(F)F)[nH]c1=O. The second kappa shape index (κ2) is 3.60. The van der Waals surface area contributed by atoms with Crippen LogP contribution in [0.1, 0.15) is 32.9 Å². The first-order valence-corrected chi connectivity index (χ1v) is 4.38. The van der Waals surface area contributed by atoms with Crippen LogP contribution in [-0.4, -0.2) is 9.55 Å². The molecule has 6 heteroatoms. The summed E-state index contributed by atoms with van der Waals surface area (Å²) in [6.45, 7) is 4.93. The highest BCUT2D eigenvalue weighted by Crippen LogP contribution is 2.13. The van der Waals surface area contributed by atoms with Crippen LogP contribution in [0, 0.1) is 0 Å². The van der Waals surface area contributed by atoms with E-state index in [-0.39, 0.29) is 0 Å². The smallest absolute Gasteiger partial charge is 0.306 e. The van der Waals surface area contributed by atoms with E-state index in [1.807, 2.05) is 4.98 Å². The Morgan fingerprint density at radius 3 is 2.20 bits per heavy atom. The number of aromatic nitrogens is 2. The molecule has 0 aliphatic heterocycles. The molecule has 0 aliphatic carbocycles. The summed E-state index contributed by atoms with van der Waals surface area (Å²) in [6.07, 6.45) is -2.85. The van der Waals surface area contributed by atoms with Gasteiger partial charge < -0.3 is 4.98 Å². The minimum absolute atomic E-state index is 0.648. The third-order valence-electron chi connectivity index (χ3n) is 1.86. The fourth-order valence-corrected chi connectivity index (χ4v) is 1.27. The number of nitrogens with one attached hydrogen (secondary N) is 1. The van der Waals surface area contributed by atoms with Gasteiger partial charge in [-0.3, -0.25) is 9.36 Å². The summed E-state index contributed by atoms with van der Waals surface area (Å²) in [4.78, 5) is 24.8. The molecular weight excluding hydrogens is 206 g/mol. The molecule has 15 heavy (non-hydrogen) atoms. The number of alkyl halides is 2. The fourth-order valence-electron chi connectivity index (χ4n) is 1.27. The van der Waals surface area contributed by atoms with Crippen LogP contribution in [0.3, 0.4) is 0 Å². The molecule has 1 aromatic rings. The lowest BCUT2D eigenvalue weighted by atomic mass is 10.1. The normalized spacial score (nSPS) is 12.1. The molecule has 0 aliphatic rings. The van der Waals surface area contributed by atoms with Gasteiger partial charge in [0.25, 0.3) is 12.0 Å². The molecule has 0 atom stereocenters. The van der Waals surface area contributed by atoms with Crippen molar-refractivity contribution in [2.45, 2.75) is 32.7 Å². The maximum atomic E-state index is 12.2. The molecule has 0 fully saturated rings. The summed E-state index contributed by atoms with van der Waals surface area (Å²) in [6, 6.07) is 0.747. The topological polar surface area (TPSA) is 54.9 Å². The van der Waals surface area contributed by atoms with Gasteiger partial charge in [0.15, 0.2) is 0 Å². The van der Waals surface area contributed by atoms with Crippen molar-refractivity contribution in [2.75, 3.05) is 0 Å². The highest BCUT2D eigenvalue weighted by Gasteiger charge is 2.20. The van der Waals surface area contributed by atoms with Crippen molar-refractivity contribution in [2.24, 2.45) is 0 Å². The summed E-state index contributed by atoms with van der Waals surface area (Å²) < 4.78 is 25.4. The van der Waals surface area contributed by atoms with E-state index in [0.717, 1.165) is 10.6 Å². The van der Waals surface area contributed by atoms with Crippen molar-refractivity contribution in [1.82, 2.24) is 9.55 Å². The van der Waals surface area contributed by atoms with E-state index in [0.29, 0.717) is 0 Å². The zero-order valence-corrected chi connectivity index (χ0v) is 8.67. The Balaban J connectivity index is 3.49. The highest BCUT2D eigenvalue weighted by molar-refractivity contribution is 5.02. The Labute approximate surface area is 84.6 Å². The number of rotatable bonds is 1. The van der Waals surface area contributed by atoms with Crippen LogP contribution >= 0.6 is 0 Å². The van der Waals surface area contributed by atoms with Gasteiger partial charge in [0.2, 0.25) is 0 Å². The Morgan fingerprint density at radius 2 is 1.87 bits per heavy atom. The monoisotopic (exact) mass is 218 g/mol. The van der Waals surface area contributed by atoms with E-state index in [1.165, 1.54) is 0 Å². The van der Waals surface area contributed by atoms with E-state index in [1.54, 1.807) is 20.8 Å². The molecule has 84 valence electrons. The molecule has 0 aromatic carbocycles. The van der Waals surface area contributed by atoms with Crippen molar-refractivity contribution in [3.63, 3.8) is 0 Å². The summed E-state index contributed by atoms with van der Waals surface area (Å²) in [5, 5.41) is 0. The molecule has 1 N–H and O–H groups in total. The summed E-state index contributed by atoms with van der Waals surface area (Å²) in [5.41, 5.74) is -2.91. The van der Waals surface area contributed by atoms with Crippen LogP contribution in [0.2, 0.25) is 0 Å². The fraction of sp³-hybridized carbons (Fsp3) is 0.556. The van der Waals surface area contributed by atoms with Gasteiger partial charge in [0.1, 0.15) is 0 Å². The van der Waals surface area contributed by atoms with Crippen molar-refractivity contribution >= 4 is 0 Å². The second-order valence-electron chi connectivity index (χ2n) is 4.17. The first-order chi connectivity index (χ1) is 6.73. The van der Waals surface area contributed by atoms with Gasteiger partial charge in [-0.2, -0.15) is 0 Å². The first kappa shape index (κ1) is 11.6. The molecular formula is C9H12F2N2O2. The highest BCUT2D eigenvalue weighted by atomic mass is 19.3. The van der Waals surface area contributed by atoms with E-state index in [4.69, 9.17) is 0 Å². The number of nitrogens with zero attached hydrogens (tertiary/aromatic N) is 1. The molecule has 0 radical (unpaired) electrons. The van der Waals surface area contributed by atoms with Crippen LogP contribution in [0.4, 0.5) is 8.78 Å². The van der Waals surface area contributed by atoms with Gasteiger partial charge in [0.05, 0.1) is 5.69 Å². The molecule has 0 saturated carbocycles. The minimum atomic E-state index is -2.85. The Kier molecular flexibility index (Phi) is 2.79. The van der Waals surface area contributed by atoms with E-state index in [2.05, 4.69) is 0 Å². The van der Waals surface area contributed by atoms with Gasteiger partial charge in [0, 0.05) is 11.6 Å². The van der Waals surface area contributed by atoms with Crippen LogP contribution in [-0.2, 0) is 5.54 Å². The largest absolute Gasteiger partial charge is 0.329 e. The molecule has 0 unspecified atom stereocenters. The summed E-state index contributed by atoms with van der Waals surface area (Å²) in [7, 11) is 0. The Bertz CT molecular complexity index is 437. The summed E-state index contributed by atoms with van der Waals surface area (Å²) >= 11 is 0. The van der Waals surface area contributed by atoms with Gasteiger partial charge in [-0.05, 0) is 20.8 Å². The van der Waals surface area contributed by atoms with Crippen molar-refractivity contribution in [3.8, 4) is 0 Å². The average Bonchev–Trinajstić information content (AvgIpc) is 1.99. The van der Waals surface area contributed by atoms with Gasteiger partial charge in [-0.15, -0.1) is 0 Å². The summed E-state index contributed by atoms with van der Waals surface area (Å²) in [5.74, 6) is 0. The standard InChI is InChI=1S/C9H12F2N2O2/c1-9(2,3)13-6(14)4-5(7(10)11)12-8(13)15/h4,7H,1-3H3,(H,12,15). The Hall–Kier alpha value is -1.46. The lowest BCUT2D eigenvalue weighted by Gasteiger charge is -2.20. The molecule has 0 amide bonds. The number of halogens is 2. The number of H-pyrrole nitrogens is 1. The quantitative estimate of drug-likeness (QED) is 0.770.